The van der Waals surface area contributed by atoms with Crippen LogP contribution in [0.2, 0.25) is 0 Å². The molecule has 0 atom stereocenters. The zero-order chi connectivity index (χ0) is 18.3. The third-order valence-corrected chi connectivity index (χ3v) is 5.91. The maximum atomic E-state index is 13.4. The molecule has 0 unspecified atom stereocenters. The van der Waals surface area contributed by atoms with E-state index < -0.39 is 0 Å². The van der Waals surface area contributed by atoms with Crippen molar-refractivity contribution in [3.63, 3.8) is 0 Å². The van der Waals surface area contributed by atoms with E-state index in [1.54, 1.807) is 11.8 Å². The third-order valence-electron chi connectivity index (χ3n) is 4.83. The summed E-state index contributed by atoms with van der Waals surface area (Å²) < 4.78 is 2.04. The van der Waals surface area contributed by atoms with E-state index in [-0.39, 0.29) is 5.78 Å². The van der Waals surface area contributed by atoms with Gasteiger partial charge in [-0.1, -0.05) is 72.4 Å². The van der Waals surface area contributed by atoms with E-state index in [1.165, 1.54) is 5.70 Å². The number of carbonyl (C=O) groups is 1. The predicted molar refractivity (Wildman–Crippen MR) is 109 cm³/mol. The number of nitrogens with zero attached hydrogens (tertiary/aromatic N) is 2. The van der Waals surface area contributed by atoms with Crippen LogP contribution in [0.15, 0.2) is 76.7 Å². The number of benzene rings is 2. The monoisotopic (exact) mass is 360 g/mol. The van der Waals surface area contributed by atoms with Crippen LogP contribution in [-0.4, -0.2) is 17.4 Å². The molecular formula is C22H20N2OS. The van der Waals surface area contributed by atoms with Gasteiger partial charge in [0.05, 0.1) is 10.6 Å². The van der Waals surface area contributed by atoms with Gasteiger partial charge in [0.25, 0.3) is 0 Å². The molecule has 0 radical (unpaired) electrons. The minimum absolute atomic E-state index is 0.0491. The highest BCUT2D eigenvalue weighted by Crippen LogP contribution is 2.47. The molecule has 2 aromatic carbocycles. The Morgan fingerprint density at radius 2 is 1.54 bits per heavy atom. The van der Waals surface area contributed by atoms with Crippen molar-refractivity contribution >= 4 is 23.4 Å². The van der Waals surface area contributed by atoms with Crippen molar-refractivity contribution in [2.75, 3.05) is 11.9 Å². The second-order valence-corrected chi connectivity index (χ2v) is 7.31. The molecule has 0 saturated heterocycles. The van der Waals surface area contributed by atoms with Crippen LogP contribution in [0.5, 0.6) is 0 Å². The van der Waals surface area contributed by atoms with Crippen LogP contribution in [0.25, 0.3) is 11.1 Å². The topological polar surface area (TPSA) is 25.2 Å². The minimum Gasteiger partial charge on any atom is -0.333 e. The van der Waals surface area contributed by atoms with Crippen molar-refractivity contribution in [3.05, 3.63) is 83.0 Å². The van der Waals surface area contributed by atoms with Gasteiger partial charge in [-0.05, 0) is 17.9 Å². The maximum Gasteiger partial charge on any atom is 0.210 e. The Hall–Kier alpha value is -2.72. The largest absolute Gasteiger partial charge is 0.333 e. The second-order valence-electron chi connectivity index (χ2n) is 6.43. The number of carbonyl (C=O) groups excluding carboxylic acids is 1. The molecule has 130 valence electrons. The molecule has 3 aromatic rings. The van der Waals surface area contributed by atoms with Gasteiger partial charge >= 0.3 is 0 Å². The first-order chi connectivity index (χ1) is 12.6. The number of ketones is 1. The smallest absolute Gasteiger partial charge is 0.210 e. The van der Waals surface area contributed by atoms with E-state index in [0.717, 1.165) is 27.5 Å². The first kappa shape index (κ1) is 16.7. The van der Waals surface area contributed by atoms with Crippen molar-refractivity contribution in [1.82, 2.24) is 4.57 Å². The number of fused-ring (bicyclic) bond motifs is 1. The van der Waals surface area contributed by atoms with E-state index in [0.29, 0.717) is 5.56 Å². The fourth-order valence-corrected chi connectivity index (χ4v) is 4.55. The minimum atomic E-state index is 0.0491. The Balaban J connectivity index is 2.00. The van der Waals surface area contributed by atoms with Crippen molar-refractivity contribution in [2.24, 2.45) is 7.05 Å². The number of allylic oxidation sites excluding steroid dienone is 1. The van der Waals surface area contributed by atoms with Gasteiger partial charge in [0, 0.05) is 30.9 Å². The van der Waals surface area contributed by atoms with Crippen molar-refractivity contribution in [1.29, 1.82) is 0 Å². The highest BCUT2D eigenvalue weighted by molar-refractivity contribution is 8.02. The first-order valence-corrected chi connectivity index (χ1v) is 9.42. The average Bonchev–Trinajstić information content (AvgIpc) is 2.98. The molecule has 26 heavy (non-hydrogen) atoms. The Labute approximate surface area is 158 Å². The number of hydrogen-bond donors (Lipinski definition) is 0. The summed E-state index contributed by atoms with van der Waals surface area (Å²) in [5.41, 5.74) is 4.69. The first-order valence-electron chi connectivity index (χ1n) is 8.54. The predicted octanol–water partition coefficient (Wildman–Crippen LogP) is 5.33. The Bertz CT molecular complexity index is 1000. The zero-order valence-electron chi connectivity index (χ0n) is 15.1. The molecule has 2 heterocycles. The van der Waals surface area contributed by atoms with Gasteiger partial charge in [-0.2, -0.15) is 0 Å². The molecular weight excluding hydrogens is 340 g/mol. The fourth-order valence-electron chi connectivity index (χ4n) is 3.39. The van der Waals surface area contributed by atoms with Gasteiger partial charge in [-0.15, -0.1) is 0 Å². The molecule has 1 aromatic heterocycles. The molecule has 0 N–H and O–H groups in total. The molecule has 0 bridgehead atoms. The standard InChI is InChI=1S/C22H20N2OS/c1-15-14-26-21-18(16-10-6-4-7-11-16)19(24(3)22(21)23(15)2)20(25)17-12-8-5-9-13-17/h4-14H,1-3H3. The Kier molecular flexibility index (Phi) is 4.21. The van der Waals surface area contributed by atoms with E-state index in [2.05, 4.69) is 36.4 Å². The van der Waals surface area contributed by atoms with Crippen LogP contribution in [0, 0.1) is 0 Å². The number of hydrogen-bond acceptors (Lipinski definition) is 3. The van der Waals surface area contributed by atoms with Crippen LogP contribution in [0.3, 0.4) is 0 Å². The number of aromatic nitrogens is 1. The molecule has 0 fully saturated rings. The van der Waals surface area contributed by atoms with Crippen molar-refractivity contribution < 1.29 is 4.79 Å². The fraction of sp³-hybridized carbons (Fsp3) is 0.136. The molecule has 0 aliphatic carbocycles. The van der Waals surface area contributed by atoms with Crippen LogP contribution in [-0.2, 0) is 7.05 Å². The second kappa shape index (κ2) is 6.54. The van der Waals surface area contributed by atoms with Gasteiger partial charge in [0.2, 0.25) is 5.78 Å². The quantitative estimate of drug-likeness (QED) is 0.591. The summed E-state index contributed by atoms with van der Waals surface area (Å²) in [4.78, 5) is 16.7. The van der Waals surface area contributed by atoms with Gasteiger partial charge < -0.3 is 9.47 Å². The van der Waals surface area contributed by atoms with E-state index in [1.807, 2.05) is 60.1 Å². The highest BCUT2D eigenvalue weighted by atomic mass is 32.2. The van der Waals surface area contributed by atoms with Crippen molar-refractivity contribution in [3.8, 4) is 11.1 Å². The summed E-state index contributed by atoms with van der Waals surface area (Å²) in [6, 6.07) is 19.7. The van der Waals surface area contributed by atoms with E-state index in [4.69, 9.17) is 0 Å². The van der Waals surface area contributed by atoms with Crippen LogP contribution < -0.4 is 4.90 Å². The molecule has 0 saturated carbocycles. The normalized spacial score (nSPS) is 13.3. The number of rotatable bonds is 3. The summed E-state index contributed by atoms with van der Waals surface area (Å²) in [7, 11) is 4.03. The van der Waals surface area contributed by atoms with E-state index >= 15 is 0 Å². The summed E-state index contributed by atoms with van der Waals surface area (Å²) >= 11 is 1.69. The number of anilines is 1. The van der Waals surface area contributed by atoms with Gasteiger partial charge in [-0.25, -0.2) is 0 Å². The summed E-state index contributed by atoms with van der Waals surface area (Å²) in [6.45, 7) is 2.09. The average molecular weight is 360 g/mol. The summed E-state index contributed by atoms with van der Waals surface area (Å²) in [5.74, 6) is 1.11. The van der Waals surface area contributed by atoms with E-state index in [9.17, 15) is 4.79 Å². The molecule has 0 spiro atoms. The van der Waals surface area contributed by atoms with Gasteiger partial charge in [0.15, 0.2) is 0 Å². The molecule has 4 rings (SSSR count). The van der Waals surface area contributed by atoms with Crippen LogP contribution >= 0.6 is 11.8 Å². The van der Waals surface area contributed by atoms with Crippen molar-refractivity contribution in [2.45, 2.75) is 11.8 Å². The maximum absolute atomic E-state index is 13.4. The lowest BCUT2D eigenvalue weighted by Crippen LogP contribution is -2.20. The van der Waals surface area contributed by atoms with Crippen LogP contribution in [0.4, 0.5) is 5.82 Å². The lowest BCUT2D eigenvalue weighted by Gasteiger charge is -2.25. The lowest BCUT2D eigenvalue weighted by molar-refractivity contribution is 0.103. The molecule has 1 aliphatic heterocycles. The molecule has 3 nitrogen and oxygen atoms in total. The molecule has 1 aliphatic rings. The Morgan fingerprint density at radius 1 is 0.923 bits per heavy atom. The number of thioether (sulfide) groups is 1. The third kappa shape index (κ3) is 2.58. The molecule has 4 heteroatoms. The SMILES string of the molecule is CC1=CSc2c(-c3ccccc3)c(C(=O)c3ccccc3)n(C)c2N1C. The molecule has 0 amide bonds. The van der Waals surface area contributed by atoms with Gasteiger partial charge in [-0.3, -0.25) is 4.79 Å². The lowest BCUT2D eigenvalue weighted by atomic mass is 10.00. The Morgan fingerprint density at radius 3 is 2.19 bits per heavy atom. The summed E-state index contributed by atoms with van der Waals surface area (Å²) in [6.07, 6.45) is 0. The zero-order valence-corrected chi connectivity index (χ0v) is 15.9. The van der Waals surface area contributed by atoms with Crippen LogP contribution in [0.1, 0.15) is 23.0 Å². The summed E-state index contributed by atoms with van der Waals surface area (Å²) in [5, 5.41) is 2.14. The highest BCUT2D eigenvalue weighted by Gasteiger charge is 2.30. The van der Waals surface area contributed by atoms with Gasteiger partial charge in [0.1, 0.15) is 5.82 Å².